The number of ketones is 1. The molecule has 0 spiro atoms. The van der Waals surface area contributed by atoms with Crippen LogP contribution in [-0.2, 0) is 27.9 Å². The molecule has 0 aliphatic carbocycles. The lowest BCUT2D eigenvalue weighted by Gasteiger charge is -2.10. The number of H-pyrrole nitrogens is 1. The minimum atomic E-state index is -3.87. The number of sulfonamides is 1. The molecule has 0 fully saturated rings. The molecule has 0 saturated carbocycles. The van der Waals surface area contributed by atoms with Crippen LogP contribution >= 0.6 is 0 Å². The molecule has 9 heteroatoms. The van der Waals surface area contributed by atoms with Crippen LogP contribution in [0.1, 0.15) is 27.2 Å². The quantitative estimate of drug-likeness (QED) is 0.265. The molecule has 0 saturated heterocycles. The molecule has 0 aliphatic rings. The predicted molar refractivity (Wildman–Crippen MR) is 126 cm³/mol. The van der Waals surface area contributed by atoms with Crippen LogP contribution in [0.2, 0.25) is 0 Å². The summed E-state index contributed by atoms with van der Waals surface area (Å²) in [7, 11) is -3.87. The van der Waals surface area contributed by atoms with Gasteiger partial charge in [0.05, 0.1) is 10.5 Å². The standard InChI is InChI=1S/C25H22FN3O4S/c1-16-23(21-10-2-3-11-22(21)29-16)24(30)25(31)27-14-18-7-5-9-20(13-18)34(32,33)28-15-17-6-4-8-19(26)12-17/h2-13,28-29H,14-15H2,1H3,(H,27,31). The maximum atomic E-state index is 13.3. The number of fused-ring (bicyclic) bond motifs is 1. The van der Waals surface area contributed by atoms with Gasteiger partial charge in [0.2, 0.25) is 10.0 Å². The Morgan fingerprint density at radius 2 is 1.62 bits per heavy atom. The van der Waals surface area contributed by atoms with Gasteiger partial charge in [0.25, 0.3) is 11.7 Å². The second-order valence-electron chi connectivity index (χ2n) is 7.78. The van der Waals surface area contributed by atoms with Crippen molar-refractivity contribution in [1.29, 1.82) is 0 Å². The Balaban J connectivity index is 1.43. The van der Waals surface area contributed by atoms with Crippen molar-refractivity contribution >= 4 is 32.6 Å². The van der Waals surface area contributed by atoms with Crippen LogP contribution in [0.3, 0.4) is 0 Å². The van der Waals surface area contributed by atoms with Gasteiger partial charge in [-0.15, -0.1) is 0 Å². The van der Waals surface area contributed by atoms with Gasteiger partial charge in [-0.25, -0.2) is 17.5 Å². The molecular formula is C25H22FN3O4S. The molecule has 1 heterocycles. The lowest BCUT2D eigenvalue weighted by Crippen LogP contribution is -2.31. The van der Waals surface area contributed by atoms with Crippen molar-refractivity contribution in [3.8, 4) is 0 Å². The maximum absolute atomic E-state index is 13.3. The van der Waals surface area contributed by atoms with Crippen LogP contribution in [0.15, 0.2) is 77.7 Å². The summed E-state index contributed by atoms with van der Waals surface area (Å²) in [6.07, 6.45) is 0. The Hall–Kier alpha value is -3.82. The molecule has 7 nitrogen and oxygen atoms in total. The summed E-state index contributed by atoms with van der Waals surface area (Å²) in [5.74, 6) is -1.91. The number of nitrogens with one attached hydrogen (secondary N) is 3. The molecule has 3 N–H and O–H groups in total. The lowest BCUT2D eigenvalue weighted by atomic mass is 10.1. The van der Waals surface area contributed by atoms with E-state index in [2.05, 4.69) is 15.0 Å². The van der Waals surface area contributed by atoms with E-state index < -0.39 is 27.5 Å². The molecule has 0 unspecified atom stereocenters. The zero-order chi connectivity index (χ0) is 24.3. The number of aromatic amines is 1. The van der Waals surface area contributed by atoms with E-state index in [4.69, 9.17) is 0 Å². The fourth-order valence-electron chi connectivity index (χ4n) is 3.68. The van der Waals surface area contributed by atoms with E-state index in [1.165, 1.54) is 30.3 Å². The number of carbonyl (C=O) groups is 2. The molecule has 1 aromatic heterocycles. The molecule has 4 rings (SSSR count). The molecule has 0 bridgehead atoms. The predicted octanol–water partition coefficient (Wildman–Crippen LogP) is 3.59. The minimum absolute atomic E-state index is 0.00514. The van der Waals surface area contributed by atoms with Gasteiger partial charge in [-0.2, -0.15) is 0 Å². The molecular weight excluding hydrogens is 457 g/mol. The summed E-state index contributed by atoms with van der Waals surface area (Å²) in [6.45, 7) is 1.63. The van der Waals surface area contributed by atoms with E-state index in [1.54, 1.807) is 37.3 Å². The van der Waals surface area contributed by atoms with Gasteiger partial charge in [-0.3, -0.25) is 9.59 Å². The number of rotatable bonds is 8. The minimum Gasteiger partial charge on any atom is -0.358 e. The first-order valence-electron chi connectivity index (χ1n) is 10.5. The molecule has 34 heavy (non-hydrogen) atoms. The van der Waals surface area contributed by atoms with Crippen molar-refractivity contribution in [1.82, 2.24) is 15.0 Å². The smallest absolute Gasteiger partial charge is 0.292 e. The molecule has 0 aliphatic heterocycles. The van der Waals surface area contributed by atoms with Crippen molar-refractivity contribution in [2.45, 2.75) is 24.9 Å². The Bertz CT molecular complexity index is 1500. The summed E-state index contributed by atoms with van der Waals surface area (Å²) in [4.78, 5) is 28.4. The highest BCUT2D eigenvalue weighted by Gasteiger charge is 2.22. The van der Waals surface area contributed by atoms with Crippen LogP contribution in [0.25, 0.3) is 10.9 Å². The van der Waals surface area contributed by atoms with Crippen LogP contribution < -0.4 is 10.0 Å². The number of amides is 1. The van der Waals surface area contributed by atoms with E-state index in [-0.39, 0.29) is 18.0 Å². The van der Waals surface area contributed by atoms with E-state index in [9.17, 15) is 22.4 Å². The molecule has 0 atom stereocenters. The number of aryl methyl sites for hydroxylation is 1. The number of Topliss-reactive ketones (excluding diaryl/α,β-unsaturated/α-hetero) is 1. The summed E-state index contributed by atoms with van der Waals surface area (Å²) >= 11 is 0. The molecule has 4 aromatic rings. The summed E-state index contributed by atoms with van der Waals surface area (Å²) in [5.41, 5.74) is 2.66. The highest BCUT2D eigenvalue weighted by molar-refractivity contribution is 7.89. The highest BCUT2D eigenvalue weighted by Crippen LogP contribution is 2.22. The Kier molecular flexibility index (Phi) is 6.58. The third-order valence-electron chi connectivity index (χ3n) is 5.34. The lowest BCUT2D eigenvalue weighted by molar-refractivity contribution is -0.117. The van der Waals surface area contributed by atoms with Gasteiger partial charge in [0.15, 0.2) is 0 Å². The van der Waals surface area contributed by atoms with Crippen molar-refractivity contribution in [3.05, 3.63) is 101 Å². The van der Waals surface area contributed by atoms with Gasteiger partial charge < -0.3 is 10.3 Å². The largest absolute Gasteiger partial charge is 0.358 e. The molecule has 0 radical (unpaired) electrons. The number of benzene rings is 3. The van der Waals surface area contributed by atoms with E-state index >= 15 is 0 Å². The number of aromatic nitrogens is 1. The van der Waals surface area contributed by atoms with E-state index in [0.29, 0.717) is 27.8 Å². The Morgan fingerprint density at radius 1 is 0.912 bits per heavy atom. The van der Waals surface area contributed by atoms with Crippen LogP contribution in [0, 0.1) is 12.7 Å². The third kappa shape index (κ3) is 5.05. The van der Waals surface area contributed by atoms with Crippen LogP contribution in [0.4, 0.5) is 4.39 Å². The molecule has 174 valence electrons. The first-order valence-corrected chi connectivity index (χ1v) is 12.0. The van der Waals surface area contributed by atoms with E-state index in [1.807, 2.05) is 12.1 Å². The van der Waals surface area contributed by atoms with Crippen molar-refractivity contribution in [3.63, 3.8) is 0 Å². The molecule has 1 amide bonds. The number of carbonyl (C=O) groups excluding carboxylic acids is 2. The number of para-hydroxylation sites is 1. The van der Waals surface area contributed by atoms with E-state index in [0.717, 1.165) is 5.52 Å². The van der Waals surface area contributed by atoms with Crippen LogP contribution in [0.5, 0.6) is 0 Å². The zero-order valence-corrected chi connectivity index (χ0v) is 19.1. The van der Waals surface area contributed by atoms with Crippen LogP contribution in [-0.4, -0.2) is 25.1 Å². The first-order chi connectivity index (χ1) is 16.2. The summed E-state index contributed by atoms with van der Waals surface area (Å²) in [5, 5.41) is 3.23. The van der Waals surface area contributed by atoms with Gasteiger partial charge in [0, 0.05) is 29.7 Å². The number of hydrogen-bond donors (Lipinski definition) is 3. The second kappa shape index (κ2) is 9.58. The fourth-order valence-corrected chi connectivity index (χ4v) is 4.76. The van der Waals surface area contributed by atoms with Crippen molar-refractivity contribution in [2.75, 3.05) is 0 Å². The third-order valence-corrected chi connectivity index (χ3v) is 6.74. The van der Waals surface area contributed by atoms with Gasteiger partial charge in [-0.1, -0.05) is 42.5 Å². The SMILES string of the molecule is Cc1[nH]c2ccccc2c1C(=O)C(=O)NCc1cccc(S(=O)(=O)NCc2cccc(F)c2)c1. The first kappa shape index (κ1) is 23.3. The van der Waals surface area contributed by atoms with Crippen molar-refractivity contribution in [2.24, 2.45) is 0 Å². The number of hydrogen-bond acceptors (Lipinski definition) is 4. The normalized spacial score (nSPS) is 11.5. The second-order valence-corrected chi connectivity index (χ2v) is 9.55. The van der Waals surface area contributed by atoms with Gasteiger partial charge in [0.1, 0.15) is 5.82 Å². The van der Waals surface area contributed by atoms with Crippen molar-refractivity contribution < 1.29 is 22.4 Å². The fraction of sp³-hybridized carbons (Fsp3) is 0.120. The Labute approximate surface area is 196 Å². The summed E-state index contributed by atoms with van der Waals surface area (Å²) < 4.78 is 41.1. The monoisotopic (exact) mass is 479 g/mol. The Morgan fingerprint density at radius 3 is 2.38 bits per heavy atom. The maximum Gasteiger partial charge on any atom is 0.292 e. The van der Waals surface area contributed by atoms with Gasteiger partial charge >= 0.3 is 0 Å². The zero-order valence-electron chi connectivity index (χ0n) is 18.3. The average molecular weight is 480 g/mol. The number of halogens is 1. The summed E-state index contributed by atoms with van der Waals surface area (Å²) in [6, 6.07) is 18.9. The topological polar surface area (TPSA) is 108 Å². The van der Waals surface area contributed by atoms with Gasteiger partial charge in [-0.05, 0) is 48.4 Å². The molecule has 3 aromatic carbocycles. The highest BCUT2D eigenvalue weighted by atomic mass is 32.2. The average Bonchev–Trinajstić information content (AvgIpc) is 3.16.